The normalized spacial score (nSPS) is 18.4. The summed E-state index contributed by atoms with van der Waals surface area (Å²) >= 11 is 0. The monoisotopic (exact) mass is 395 g/mol. The first kappa shape index (κ1) is 20.4. The van der Waals surface area contributed by atoms with Crippen LogP contribution in [0.1, 0.15) is 57.4 Å². The summed E-state index contributed by atoms with van der Waals surface area (Å²) in [6.45, 7) is 7.32. The lowest BCUT2D eigenvalue weighted by molar-refractivity contribution is -0.137. The van der Waals surface area contributed by atoms with E-state index < -0.39 is 11.7 Å². The molecule has 0 bridgehead atoms. The van der Waals surface area contributed by atoms with Crippen molar-refractivity contribution in [3.05, 3.63) is 35.7 Å². The topological polar surface area (TPSA) is 59.2 Å². The van der Waals surface area contributed by atoms with Crippen LogP contribution >= 0.6 is 0 Å². The molecule has 1 aromatic heterocycles. The minimum Gasteiger partial charge on any atom is -0.420 e. The average Bonchev–Trinajstić information content (AvgIpc) is 3.10. The van der Waals surface area contributed by atoms with Gasteiger partial charge in [-0.1, -0.05) is 20.8 Å². The molecule has 152 valence electrons. The Balaban J connectivity index is 1.70. The second kappa shape index (κ2) is 7.56. The van der Waals surface area contributed by atoms with Crippen LogP contribution in [0.25, 0.3) is 11.5 Å². The van der Waals surface area contributed by atoms with Crippen molar-refractivity contribution in [2.24, 2.45) is 5.41 Å². The number of hydrogen-bond acceptors (Lipinski definition) is 4. The second-order valence-electron chi connectivity index (χ2n) is 8.44. The van der Waals surface area contributed by atoms with Gasteiger partial charge in [0.2, 0.25) is 17.7 Å². The second-order valence-corrected chi connectivity index (χ2v) is 8.44. The number of likely N-dealkylation sites (tertiary alicyclic amines) is 1. The van der Waals surface area contributed by atoms with Crippen molar-refractivity contribution >= 4 is 5.91 Å². The first-order valence-electron chi connectivity index (χ1n) is 9.32. The van der Waals surface area contributed by atoms with Gasteiger partial charge in [-0.3, -0.25) is 4.79 Å². The van der Waals surface area contributed by atoms with Crippen molar-refractivity contribution in [2.75, 3.05) is 13.1 Å². The summed E-state index contributed by atoms with van der Waals surface area (Å²) in [5, 5.41) is 8.06. The van der Waals surface area contributed by atoms with E-state index in [1.54, 1.807) is 0 Å². The molecule has 0 spiro atoms. The Bertz CT molecular complexity index is 822. The molecule has 2 heterocycles. The van der Waals surface area contributed by atoms with Gasteiger partial charge < -0.3 is 9.32 Å². The van der Waals surface area contributed by atoms with Gasteiger partial charge in [-0.25, -0.2) is 0 Å². The number of carbonyl (C=O) groups excluding carboxylic acids is 1. The van der Waals surface area contributed by atoms with E-state index in [4.69, 9.17) is 4.42 Å². The van der Waals surface area contributed by atoms with Gasteiger partial charge >= 0.3 is 6.18 Å². The number of alkyl halides is 3. The van der Waals surface area contributed by atoms with E-state index in [0.29, 0.717) is 31.0 Å². The van der Waals surface area contributed by atoms with Crippen molar-refractivity contribution < 1.29 is 22.4 Å². The van der Waals surface area contributed by atoms with Crippen molar-refractivity contribution in [3.8, 4) is 11.5 Å². The molecule has 1 aromatic carbocycles. The zero-order valence-corrected chi connectivity index (χ0v) is 16.2. The SMILES string of the molecule is CC(C)(C)CC(=O)N1CCCC(c2nnc(-c3ccc(C(F)(F)F)cc3)o2)C1. The largest absolute Gasteiger partial charge is 0.420 e. The Labute approximate surface area is 161 Å². The van der Waals surface area contributed by atoms with Crippen molar-refractivity contribution in [3.63, 3.8) is 0 Å². The van der Waals surface area contributed by atoms with E-state index >= 15 is 0 Å². The molecule has 1 amide bonds. The molecule has 1 saturated heterocycles. The molecule has 0 radical (unpaired) electrons. The number of piperidine rings is 1. The van der Waals surface area contributed by atoms with Crippen molar-refractivity contribution in [1.29, 1.82) is 0 Å². The third kappa shape index (κ3) is 4.91. The van der Waals surface area contributed by atoms with Crippen LogP contribution in [0.2, 0.25) is 0 Å². The summed E-state index contributed by atoms with van der Waals surface area (Å²) in [5.74, 6) is 0.651. The molecule has 1 unspecified atom stereocenters. The molecule has 0 saturated carbocycles. The van der Waals surface area contributed by atoms with Gasteiger partial charge in [0, 0.05) is 25.1 Å². The van der Waals surface area contributed by atoms with Gasteiger partial charge in [0.1, 0.15) is 0 Å². The molecule has 0 aliphatic carbocycles. The van der Waals surface area contributed by atoms with Gasteiger partial charge in [0.15, 0.2) is 0 Å². The maximum atomic E-state index is 12.7. The van der Waals surface area contributed by atoms with Crippen LogP contribution in [0, 0.1) is 5.41 Å². The molecular formula is C20H24F3N3O2. The highest BCUT2D eigenvalue weighted by Crippen LogP contribution is 2.32. The summed E-state index contributed by atoms with van der Waals surface area (Å²) in [6.07, 6.45) is -2.24. The van der Waals surface area contributed by atoms with Gasteiger partial charge in [-0.05, 0) is 42.5 Å². The molecule has 1 aliphatic heterocycles. The summed E-state index contributed by atoms with van der Waals surface area (Å²) in [4.78, 5) is 14.3. The highest BCUT2D eigenvalue weighted by molar-refractivity contribution is 5.77. The van der Waals surface area contributed by atoms with E-state index in [1.165, 1.54) is 12.1 Å². The zero-order chi connectivity index (χ0) is 20.5. The Kier molecular flexibility index (Phi) is 5.50. The lowest BCUT2D eigenvalue weighted by atomic mass is 9.90. The molecule has 8 heteroatoms. The van der Waals surface area contributed by atoms with Gasteiger partial charge in [-0.2, -0.15) is 13.2 Å². The average molecular weight is 395 g/mol. The van der Waals surface area contributed by atoms with Crippen LogP contribution in [0.4, 0.5) is 13.2 Å². The van der Waals surface area contributed by atoms with E-state index in [-0.39, 0.29) is 23.1 Å². The summed E-state index contributed by atoms with van der Waals surface area (Å²) < 4.78 is 43.8. The number of benzene rings is 1. The third-order valence-electron chi connectivity index (χ3n) is 4.70. The Morgan fingerprint density at radius 1 is 1.18 bits per heavy atom. The van der Waals surface area contributed by atoms with E-state index in [0.717, 1.165) is 25.0 Å². The van der Waals surface area contributed by atoms with Gasteiger partial charge in [0.25, 0.3) is 0 Å². The van der Waals surface area contributed by atoms with Gasteiger partial charge in [-0.15, -0.1) is 10.2 Å². The first-order chi connectivity index (χ1) is 13.0. The quantitative estimate of drug-likeness (QED) is 0.742. The molecule has 1 atom stereocenters. The van der Waals surface area contributed by atoms with E-state index in [1.807, 2.05) is 25.7 Å². The molecule has 1 aliphatic rings. The van der Waals surface area contributed by atoms with Gasteiger partial charge in [0.05, 0.1) is 11.5 Å². The Morgan fingerprint density at radius 2 is 1.86 bits per heavy atom. The molecule has 1 fully saturated rings. The van der Waals surface area contributed by atoms with Crippen molar-refractivity contribution in [2.45, 2.75) is 52.1 Å². The first-order valence-corrected chi connectivity index (χ1v) is 9.32. The number of aromatic nitrogens is 2. The Morgan fingerprint density at radius 3 is 2.46 bits per heavy atom. The van der Waals surface area contributed by atoms with Crippen LogP contribution in [0.3, 0.4) is 0 Å². The van der Waals surface area contributed by atoms with Crippen LogP contribution in [0.15, 0.2) is 28.7 Å². The number of carbonyl (C=O) groups is 1. The predicted molar refractivity (Wildman–Crippen MR) is 97.4 cm³/mol. The minimum absolute atomic E-state index is 0.0617. The summed E-state index contributed by atoms with van der Waals surface area (Å²) in [5.41, 5.74) is -0.371. The Hall–Kier alpha value is -2.38. The summed E-state index contributed by atoms with van der Waals surface area (Å²) in [7, 11) is 0. The molecule has 28 heavy (non-hydrogen) atoms. The fraction of sp³-hybridized carbons (Fsp3) is 0.550. The predicted octanol–water partition coefficient (Wildman–Crippen LogP) is 4.90. The van der Waals surface area contributed by atoms with Crippen molar-refractivity contribution in [1.82, 2.24) is 15.1 Å². The third-order valence-corrected chi connectivity index (χ3v) is 4.70. The maximum Gasteiger partial charge on any atom is 0.416 e. The number of amides is 1. The lowest BCUT2D eigenvalue weighted by Gasteiger charge is -2.33. The fourth-order valence-electron chi connectivity index (χ4n) is 3.29. The smallest absolute Gasteiger partial charge is 0.416 e. The number of halogens is 3. The molecule has 2 aromatic rings. The molecule has 0 N–H and O–H groups in total. The highest BCUT2D eigenvalue weighted by atomic mass is 19.4. The van der Waals surface area contributed by atoms with Crippen LogP contribution in [-0.4, -0.2) is 34.1 Å². The molecule has 3 rings (SSSR count). The fourth-order valence-corrected chi connectivity index (χ4v) is 3.29. The number of nitrogens with zero attached hydrogens (tertiary/aromatic N) is 3. The molecular weight excluding hydrogens is 371 g/mol. The highest BCUT2D eigenvalue weighted by Gasteiger charge is 2.31. The van der Waals surface area contributed by atoms with E-state index in [2.05, 4.69) is 10.2 Å². The maximum absolute atomic E-state index is 12.7. The van der Waals surface area contributed by atoms with Crippen LogP contribution in [0.5, 0.6) is 0 Å². The zero-order valence-electron chi connectivity index (χ0n) is 16.2. The molecule has 5 nitrogen and oxygen atoms in total. The van der Waals surface area contributed by atoms with Crippen LogP contribution < -0.4 is 0 Å². The number of hydrogen-bond donors (Lipinski definition) is 0. The lowest BCUT2D eigenvalue weighted by Crippen LogP contribution is -2.40. The van der Waals surface area contributed by atoms with E-state index in [9.17, 15) is 18.0 Å². The standard InChI is InChI=1S/C20H24F3N3O2/c1-19(2,3)11-16(27)26-10-4-5-14(12-26)18-25-24-17(28-18)13-6-8-15(9-7-13)20(21,22)23/h6-9,14H,4-5,10-12H2,1-3H3. The minimum atomic E-state index is -4.39. The number of rotatable bonds is 3. The van der Waals surface area contributed by atoms with Crippen LogP contribution in [-0.2, 0) is 11.0 Å². The summed E-state index contributed by atoms with van der Waals surface area (Å²) in [6, 6.07) is 4.62.